The highest BCUT2D eigenvalue weighted by Gasteiger charge is 2.32. The monoisotopic (exact) mass is 433 g/mol. The van der Waals surface area contributed by atoms with E-state index >= 15 is 0 Å². The summed E-state index contributed by atoms with van der Waals surface area (Å²) in [6, 6.07) is 2.79. The number of hydrogen-bond acceptors (Lipinski definition) is 4. The lowest BCUT2D eigenvalue weighted by Crippen LogP contribution is -2.45. The Bertz CT molecular complexity index is 667. The van der Waals surface area contributed by atoms with Gasteiger partial charge in [-0.05, 0) is 61.7 Å². The molecule has 1 saturated carbocycles. The third-order valence-electron chi connectivity index (χ3n) is 6.49. The third-order valence-corrected chi connectivity index (χ3v) is 7.19. The van der Waals surface area contributed by atoms with E-state index in [4.69, 9.17) is 4.99 Å². The lowest BCUT2D eigenvalue weighted by molar-refractivity contribution is -0.134. The number of rotatable bonds is 9. The molecule has 3 rings (SSSR count). The van der Waals surface area contributed by atoms with Crippen LogP contribution in [0.5, 0.6) is 0 Å². The van der Waals surface area contributed by atoms with E-state index in [0.717, 1.165) is 64.5 Å². The van der Waals surface area contributed by atoms with Crippen LogP contribution in [0.1, 0.15) is 64.5 Å². The van der Waals surface area contributed by atoms with Gasteiger partial charge in [0.25, 0.3) is 0 Å². The van der Waals surface area contributed by atoms with Crippen molar-refractivity contribution in [1.29, 1.82) is 0 Å². The average molecular weight is 434 g/mol. The molecule has 2 heterocycles. The summed E-state index contributed by atoms with van der Waals surface area (Å²) in [4.78, 5) is 22.2. The molecule has 1 amide bonds. The number of likely N-dealkylation sites (N-methyl/N-ethyl adjacent to an activating group) is 1. The molecule has 2 N–H and O–H groups in total. The molecular formula is C23H39N5OS. The Kier molecular flexibility index (Phi) is 9.00. The van der Waals surface area contributed by atoms with Crippen LogP contribution in [0.4, 0.5) is 0 Å². The van der Waals surface area contributed by atoms with Gasteiger partial charge in [0.2, 0.25) is 5.91 Å². The Morgan fingerprint density at radius 1 is 1.27 bits per heavy atom. The first-order valence-electron chi connectivity index (χ1n) is 11.8. The van der Waals surface area contributed by atoms with Crippen LogP contribution in [-0.4, -0.2) is 67.0 Å². The average Bonchev–Trinajstić information content (AvgIpc) is 3.53. The van der Waals surface area contributed by atoms with Gasteiger partial charge in [-0.2, -0.15) is 11.3 Å². The van der Waals surface area contributed by atoms with Crippen molar-refractivity contribution in [2.75, 3.05) is 39.3 Å². The van der Waals surface area contributed by atoms with E-state index in [0.29, 0.717) is 11.9 Å². The van der Waals surface area contributed by atoms with Gasteiger partial charge in [0.05, 0.1) is 12.6 Å². The maximum atomic E-state index is 12.7. The highest BCUT2D eigenvalue weighted by molar-refractivity contribution is 7.07. The standard InChI is InChI=1S/C23H39N5OS/c1-4-24-23(25-15-21(27(5-2)6-3)19-12-14-30-17-19)26-20-11-13-28(16-20)22(29)18-9-7-8-10-18/h12,14,17-18,20-21H,4-11,13,15-16H2,1-3H3,(H2,24,25,26). The van der Waals surface area contributed by atoms with Crippen LogP contribution in [0.15, 0.2) is 21.8 Å². The van der Waals surface area contributed by atoms with Crippen molar-refractivity contribution in [3.63, 3.8) is 0 Å². The maximum Gasteiger partial charge on any atom is 0.225 e. The summed E-state index contributed by atoms with van der Waals surface area (Å²) in [6.07, 6.45) is 5.56. The van der Waals surface area contributed by atoms with Gasteiger partial charge in [-0.15, -0.1) is 0 Å². The highest BCUT2D eigenvalue weighted by atomic mass is 32.1. The highest BCUT2D eigenvalue weighted by Crippen LogP contribution is 2.28. The lowest BCUT2D eigenvalue weighted by atomic mass is 10.1. The molecule has 30 heavy (non-hydrogen) atoms. The van der Waals surface area contributed by atoms with Crippen molar-refractivity contribution in [3.8, 4) is 0 Å². The van der Waals surface area contributed by atoms with E-state index < -0.39 is 0 Å². The van der Waals surface area contributed by atoms with Gasteiger partial charge in [0.15, 0.2) is 5.96 Å². The first-order chi connectivity index (χ1) is 14.7. The van der Waals surface area contributed by atoms with Gasteiger partial charge in [-0.1, -0.05) is 26.7 Å². The molecule has 2 fully saturated rings. The Hall–Kier alpha value is -1.60. The molecule has 0 aromatic carbocycles. The van der Waals surface area contributed by atoms with Crippen LogP contribution in [0.25, 0.3) is 0 Å². The van der Waals surface area contributed by atoms with Crippen molar-refractivity contribution in [3.05, 3.63) is 22.4 Å². The van der Waals surface area contributed by atoms with Gasteiger partial charge < -0.3 is 15.5 Å². The number of aliphatic imine (C=N–C) groups is 1. The quantitative estimate of drug-likeness (QED) is 0.462. The van der Waals surface area contributed by atoms with Crippen molar-refractivity contribution in [1.82, 2.24) is 20.4 Å². The van der Waals surface area contributed by atoms with Gasteiger partial charge in [0, 0.05) is 31.6 Å². The number of carbonyl (C=O) groups excluding carboxylic acids is 1. The molecule has 1 aromatic heterocycles. The van der Waals surface area contributed by atoms with E-state index in [2.05, 4.69) is 58.0 Å². The van der Waals surface area contributed by atoms with Gasteiger partial charge in [-0.3, -0.25) is 14.7 Å². The second kappa shape index (κ2) is 11.7. The molecule has 2 unspecified atom stereocenters. The molecule has 168 valence electrons. The molecule has 1 saturated heterocycles. The van der Waals surface area contributed by atoms with E-state index in [1.165, 1.54) is 18.4 Å². The van der Waals surface area contributed by atoms with Crippen molar-refractivity contribution >= 4 is 23.2 Å². The first-order valence-corrected chi connectivity index (χ1v) is 12.7. The number of nitrogens with one attached hydrogen (secondary N) is 2. The first kappa shape index (κ1) is 23.1. The molecule has 1 aromatic rings. The fourth-order valence-electron chi connectivity index (χ4n) is 4.76. The number of likely N-dealkylation sites (tertiary alicyclic amines) is 1. The topological polar surface area (TPSA) is 60.0 Å². The van der Waals surface area contributed by atoms with E-state index in [-0.39, 0.29) is 12.0 Å². The SMILES string of the molecule is CCNC(=NCC(c1ccsc1)N(CC)CC)NC1CCN(C(=O)C2CCCC2)C1. The summed E-state index contributed by atoms with van der Waals surface area (Å²) in [7, 11) is 0. The minimum Gasteiger partial charge on any atom is -0.357 e. The number of amides is 1. The molecule has 0 radical (unpaired) electrons. The van der Waals surface area contributed by atoms with Crippen molar-refractivity contribution in [2.45, 2.75) is 65.0 Å². The van der Waals surface area contributed by atoms with E-state index in [9.17, 15) is 4.79 Å². The Morgan fingerprint density at radius 3 is 2.67 bits per heavy atom. The third kappa shape index (κ3) is 5.97. The molecular weight excluding hydrogens is 394 g/mol. The molecule has 1 aliphatic heterocycles. The summed E-state index contributed by atoms with van der Waals surface area (Å²) in [5.74, 6) is 1.51. The molecule has 0 bridgehead atoms. The van der Waals surface area contributed by atoms with Gasteiger partial charge in [0.1, 0.15) is 0 Å². The largest absolute Gasteiger partial charge is 0.357 e. The number of guanidine groups is 1. The Balaban J connectivity index is 1.60. The molecule has 1 aliphatic carbocycles. The summed E-state index contributed by atoms with van der Waals surface area (Å²) in [6.45, 7) is 11.8. The summed E-state index contributed by atoms with van der Waals surface area (Å²) in [5.41, 5.74) is 1.34. The zero-order valence-electron chi connectivity index (χ0n) is 18.9. The summed E-state index contributed by atoms with van der Waals surface area (Å²) >= 11 is 1.75. The Labute approximate surface area is 186 Å². The van der Waals surface area contributed by atoms with E-state index in [1.807, 2.05) is 0 Å². The van der Waals surface area contributed by atoms with E-state index in [1.54, 1.807) is 11.3 Å². The molecule has 2 atom stereocenters. The molecule has 6 nitrogen and oxygen atoms in total. The second-order valence-corrected chi connectivity index (χ2v) is 9.19. The smallest absolute Gasteiger partial charge is 0.225 e. The second-order valence-electron chi connectivity index (χ2n) is 8.41. The predicted molar refractivity (Wildman–Crippen MR) is 126 cm³/mol. The summed E-state index contributed by atoms with van der Waals surface area (Å²) < 4.78 is 0. The molecule has 7 heteroatoms. The normalized spacial score (nSPS) is 21.4. The minimum absolute atomic E-state index is 0.270. The Morgan fingerprint density at radius 2 is 2.03 bits per heavy atom. The predicted octanol–water partition coefficient (Wildman–Crippen LogP) is 3.48. The number of carbonyl (C=O) groups is 1. The van der Waals surface area contributed by atoms with Crippen LogP contribution in [0.3, 0.4) is 0 Å². The summed E-state index contributed by atoms with van der Waals surface area (Å²) in [5, 5.41) is 11.4. The number of thiophene rings is 1. The van der Waals surface area contributed by atoms with Crippen LogP contribution < -0.4 is 10.6 Å². The van der Waals surface area contributed by atoms with Crippen LogP contribution >= 0.6 is 11.3 Å². The van der Waals surface area contributed by atoms with Gasteiger partial charge >= 0.3 is 0 Å². The minimum atomic E-state index is 0.270. The zero-order chi connectivity index (χ0) is 21.3. The van der Waals surface area contributed by atoms with Crippen molar-refractivity contribution in [2.24, 2.45) is 10.9 Å². The van der Waals surface area contributed by atoms with Crippen LogP contribution in [0.2, 0.25) is 0 Å². The zero-order valence-corrected chi connectivity index (χ0v) is 19.7. The van der Waals surface area contributed by atoms with Crippen LogP contribution in [-0.2, 0) is 4.79 Å². The maximum absolute atomic E-state index is 12.7. The molecule has 2 aliphatic rings. The van der Waals surface area contributed by atoms with Crippen LogP contribution in [0, 0.1) is 5.92 Å². The van der Waals surface area contributed by atoms with Crippen molar-refractivity contribution < 1.29 is 4.79 Å². The number of hydrogen-bond donors (Lipinski definition) is 2. The van der Waals surface area contributed by atoms with Gasteiger partial charge in [-0.25, -0.2) is 0 Å². The number of nitrogens with zero attached hydrogens (tertiary/aromatic N) is 3. The molecule has 0 spiro atoms. The fraction of sp³-hybridized carbons (Fsp3) is 0.739. The lowest BCUT2D eigenvalue weighted by Gasteiger charge is -2.28. The fourth-order valence-corrected chi connectivity index (χ4v) is 5.47.